The molecule has 24 heavy (non-hydrogen) atoms. The lowest BCUT2D eigenvalue weighted by atomic mass is 9.95. The first kappa shape index (κ1) is 18.5. The number of ether oxygens (including phenoxy) is 1. The zero-order valence-corrected chi connectivity index (χ0v) is 14.7. The fourth-order valence-electron chi connectivity index (χ4n) is 2.94. The van der Waals surface area contributed by atoms with Crippen LogP contribution in [0.5, 0.6) is 0 Å². The fraction of sp³-hybridized carbons (Fsp3) is 0.667. The highest BCUT2D eigenvalue weighted by Crippen LogP contribution is 2.20. The van der Waals surface area contributed by atoms with Crippen LogP contribution >= 0.6 is 0 Å². The quantitative estimate of drug-likeness (QED) is 0.741. The number of nitrogens with zero attached hydrogens (tertiary/aromatic N) is 1. The molecule has 0 bridgehead atoms. The molecule has 1 aliphatic heterocycles. The second-order valence-electron chi connectivity index (χ2n) is 6.26. The second-order valence-corrected chi connectivity index (χ2v) is 6.26. The zero-order valence-electron chi connectivity index (χ0n) is 14.7. The first-order valence-corrected chi connectivity index (χ1v) is 8.80. The van der Waals surface area contributed by atoms with Gasteiger partial charge in [-0.15, -0.1) is 0 Å². The molecule has 1 aromatic heterocycles. The summed E-state index contributed by atoms with van der Waals surface area (Å²) in [6, 6.07) is 3.44. The van der Waals surface area contributed by atoms with Crippen LogP contribution in [-0.4, -0.2) is 43.5 Å². The Bertz CT molecular complexity index is 533. The van der Waals surface area contributed by atoms with Crippen molar-refractivity contribution in [3.05, 3.63) is 23.7 Å². The number of rotatable bonds is 8. The van der Waals surface area contributed by atoms with E-state index in [9.17, 15) is 9.59 Å². The van der Waals surface area contributed by atoms with Crippen LogP contribution in [0, 0.1) is 5.92 Å². The third kappa shape index (κ3) is 5.09. The standard InChI is InChI=1S/C18H28N2O4/c1-3-4-5-10-19-17(21)14-8-11-20(12-9-14)18(22)16-7-6-15(24-16)13-23-2/h6-7,14H,3-5,8-13H2,1-2H3,(H,19,21). The number of hydrogen-bond donors (Lipinski definition) is 1. The van der Waals surface area contributed by atoms with E-state index in [-0.39, 0.29) is 17.7 Å². The normalized spacial score (nSPS) is 15.5. The average Bonchev–Trinajstić information content (AvgIpc) is 3.07. The summed E-state index contributed by atoms with van der Waals surface area (Å²) in [6.07, 6.45) is 4.73. The van der Waals surface area contributed by atoms with Crippen LogP contribution in [0.15, 0.2) is 16.5 Å². The van der Waals surface area contributed by atoms with E-state index in [4.69, 9.17) is 9.15 Å². The van der Waals surface area contributed by atoms with Crippen molar-refractivity contribution < 1.29 is 18.7 Å². The number of hydrogen-bond acceptors (Lipinski definition) is 4. The van der Waals surface area contributed by atoms with Gasteiger partial charge in [0.05, 0.1) is 0 Å². The smallest absolute Gasteiger partial charge is 0.289 e. The molecule has 0 atom stereocenters. The lowest BCUT2D eigenvalue weighted by Crippen LogP contribution is -2.43. The molecule has 1 aliphatic rings. The van der Waals surface area contributed by atoms with Crippen molar-refractivity contribution in [3.8, 4) is 0 Å². The maximum absolute atomic E-state index is 12.4. The highest BCUT2D eigenvalue weighted by atomic mass is 16.5. The van der Waals surface area contributed by atoms with E-state index in [0.717, 1.165) is 25.8 Å². The molecule has 1 N–H and O–H groups in total. The summed E-state index contributed by atoms with van der Waals surface area (Å²) in [6.45, 7) is 4.43. The minimum absolute atomic E-state index is 0.0105. The Morgan fingerprint density at radius 2 is 2.04 bits per heavy atom. The first-order chi connectivity index (χ1) is 11.7. The van der Waals surface area contributed by atoms with Gasteiger partial charge in [-0.25, -0.2) is 0 Å². The lowest BCUT2D eigenvalue weighted by Gasteiger charge is -2.30. The predicted molar refractivity (Wildman–Crippen MR) is 90.6 cm³/mol. The van der Waals surface area contributed by atoms with Gasteiger partial charge in [0.25, 0.3) is 5.91 Å². The van der Waals surface area contributed by atoms with E-state index in [2.05, 4.69) is 12.2 Å². The van der Waals surface area contributed by atoms with Crippen LogP contribution in [0.2, 0.25) is 0 Å². The van der Waals surface area contributed by atoms with Gasteiger partial charge in [-0.05, 0) is 31.4 Å². The minimum atomic E-state index is -0.112. The Kier molecular flexibility index (Phi) is 7.31. The third-order valence-electron chi connectivity index (χ3n) is 4.39. The van der Waals surface area contributed by atoms with Crippen molar-refractivity contribution in [1.82, 2.24) is 10.2 Å². The van der Waals surface area contributed by atoms with Gasteiger partial charge in [0, 0.05) is 32.7 Å². The fourth-order valence-corrected chi connectivity index (χ4v) is 2.94. The molecule has 1 saturated heterocycles. The van der Waals surface area contributed by atoms with Crippen LogP contribution in [0.25, 0.3) is 0 Å². The molecule has 2 heterocycles. The van der Waals surface area contributed by atoms with E-state index in [1.54, 1.807) is 24.1 Å². The molecule has 6 nitrogen and oxygen atoms in total. The Morgan fingerprint density at radius 3 is 2.71 bits per heavy atom. The number of carbonyl (C=O) groups excluding carboxylic acids is 2. The molecule has 6 heteroatoms. The van der Waals surface area contributed by atoms with E-state index in [1.165, 1.54) is 0 Å². The van der Waals surface area contributed by atoms with E-state index in [1.807, 2.05) is 0 Å². The van der Waals surface area contributed by atoms with Gasteiger partial charge >= 0.3 is 0 Å². The van der Waals surface area contributed by atoms with Gasteiger partial charge < -0.3 is 19.4 Å². The zero-order chi connectivity index (χ0) is 17.4. The summed E-state index contributed by atoms with van der Waals surface area (Å²) >= 11 is 0. The van der Waals surface area contributed by atoms with Crippen molar-refractivity contribution in [2.45, 2.75) is 45.6 Å². The third-order valence-corrected chi connectivity index (χ3v) is 4.39. The van der Waals surface area contributed by atoms with Crippen molar-refractivity contribution in [2.24, 2.45) is 5.92 Å². The largest absolute Gasteiger partial charge is 0.453 e. The summed E-state index contributed by atoms with van der Waals surface area (Å²) < 4.78 is 10.5. The molecule has 1 aromatic rings. The topological polar surface area (TPSA) is 71.8 Å². The molecule has 0 aliphatic carbocycles. The number of piperidine rings is 1. The lowest BCUT2D eigenvalue weighted by molar-refractivity contribution is -0.126. The summed E-state index contributed by atoms with van der Waals surface area (Å²) in [5, 5.41) is 3.01. The summed E-state index contributed by atoms with van der Waals surface area (Å²) in [5.74, 6) is 1.00. The molecule has 0 unspecified atom stereocenters. The minimum Gasteiger partial charge on any atom is -0.453 e. The molecular weight excluding hydrogens is 308 g/mol. The van der Waals surface area contributed by atoms with Crippen LogP contribution in [0.1, 0.15) is 55.3 Å². The molecule has 0 radical (unpaired) electrons. The summed E-state index contributed by atoms with van der Waals surface area (Å²) in [5.41, 5.74) is 0. The Morgan fingerprint density at radius 1 is 1.29 bits per heavy atom. The monoisotopic (exact) mass is 336 g/mol. The molecule has 0 saturated carbocycles. The second kappa shape index (κ2) is 9.47. The van der Waals surface area contributed by atoms with Gasteiger partial charge in [-0.3, -0.25) is 9.59 Å². The number of methoxy groups -OCH3 is 1. The molecule has 0 spiro atoms. The Hall–Kier alpha value is -1.82. The molecule has 1 fully saturated rings. The molecule has 2 rings (SSSR count). The number of carbonyl (C=O) groups is 2. The van der Waals surface area contributed by atoms with Gasteiger partial charge in [0.1, 0.15) is 12.4 Å². The van der Waals surface area contributed by atoms with Crippen LogP contribution in [-0.2, 0) is 16.1 Å². The molecular formula is C18H28N2O4. The van der Waals surface area contributed by atoms with Crippen LogP contribution < -0.4 is 5.32 Å². The maximum Gasteiger partial charge on any atom is 0.289 e. The van der Waals surface area contributed by atoms with Gasteiger partial charge in [0.2, 0.25) is 5.91 Å². The van der Waals surface area contributed by atoms with E-state index >= 15 is 0 Å². The predicted octanol–water partition coefficient (Wildman–Crippen LogP) is 2.58. The summed E-state index contributed by atoms with van der Waals surface area (Å²) in [7, 11) is 1.59. The van der Waals surface area contributed by atoms with E-state index < -0.39 is 0 Å². The molecule has 134 valence electrons. The van der Waals surface area contributed by atoms with Gasteiger partial charge in [0.15, 0.2) is 5.76 Å². The Balaban J connectivity index is 1.77. The maximum atomic E-state index is 12.4. The van der Waals surface area contributed by atoms with Crippen molar-refractivity contribution in [2.75, 3.05) is 26.7 Å². The SMILES string of the molecule is CCCCCNC(=O)C1CCN(C(=O)c2ccc(COC)o2)CC1. The van der Waals surface area contributed by atoms with E-state index in [0.29, 0.717) is 44.1 Å². The van der Waals surface area contributed by atoms with Crippen LogP contribution in [0.4, 0.5) is 0 Å². The summed E-state index contributed by atoms with van der Waals surface area (Å²) in [4.78, 5) is 26.3. The highest BCUT2D eigenvalue weighted by molar-refractivity contribution is 5.91. The number of nitrogens with one attached hydrogen (secondary N) is 1. The first-order valence-electron chi connectivity index (χ1n) is 8.80. The number of unbranched alkanes of at least 4 members (excludes halogenated alkanes) is 2. The van der Waals surface area contributed by atoms with Gasteiger partial charge in [-0.2, -0.15) is 0 Å². The van der Waals surface area contributed by atoms with Gasteiger partial charge in [-0.1, -0.05) is 19.8 Å². The Labute approximate surface area is 143 Å². The molecule has 0 aromatic carbocycles. The van der Waals surface area contributed by atoms with Crippen molar-refractivity contribution in [3.63, 3.8) is 0 Å². The molecule has 2 amide bonds. The number of furan rings is 1. The van der Waals surface area contributed by atoms with Crippen molar-refractivity contribution >= 4 is 11.8 Å². The average molecular weight is 336 g/mol. The number of amides is 2. The van der Waals surface area contributed by atoms with Crippen LogP contribution in [0.3, 0.4) is 0 Å². The van der Waals surface area contributed by atoms with Crippen molar-refractivity contribution in [1.29, 1.82) is 0 Å². The highest BCUT2D eigenvalue weighted by Gasteiger charge is 2.28. The number of likely N-dealkylation sites (tertiary alicyclic amines) is 1.